The van der Waals surface area contributed by atoms with Crippen LogP contribution in [0.5, 0.6) is 0 Å². The van der Waals surface area contributed by atoms with Gasteiger partial charge in [-0.1, -0.05) is 69.8 Å². The lowest BCUT2D eigenvalue weighted by atomic mass is 10.1. The van der Waals surface area contributed by atoms with Crippen LogP contribution in [0.15, 0.2) is 24.8 Å². The Morgan fingerprint density at radius 1 is 0.947 bits per heavy atom. The van der Waals surface area contributed by atoms with Crippen LogP contribution in [-0.2, 0) is 9.53 Å². The van der Waals surface area contributed by atoms with Gasteiger partial charge in [-0.05, 0) is 19.3 Å². The van der Waals surface area contributed by atoms with Crippen molar-refractivity contribution in [2.24, 2.45) is 0 Å². The molecule has 2 nitrogen and oxygen atoms in total. The second kappa shape index (κ2) is 15.0. The van der Waals surface area contributed by atoms with Crippen LogP contribution in [0.1, 0.15) is 71.1 Å². The zero-order valence-corrected chi connectivity index (χ0v) is 12.5. The molecule has 0 atom stereocenters. The molecule has 110 valence electrons. The van der Waals surface area contributed by atoms with E-state index in [1.165, 1.54) is 64.7 Å². The number of rotatable bonds is 13. The second-order valence-electron chi connectivity index (χ2n) is 4.97. The zero-order chi connectivity index (χ0) is 14.2. The lowest BCUT2D eigenvalue weighted by Crippen LogP contribution is -2.00. The number of allylic oxidation sites excluding steroid dienone is 3. The van der Waals surface area contributed by atoms with Gasteiger partial charge in [-0.3, -0.25) is 4.79 Å². The molecule has 2 heteroatoms. The minimum atomic E-state index is -0.164. The van der Waals surface area contributed by atoms with Crippen molar-refractivity contribution in [2.75, 3.05) is 6.61 Å². The molecule has 0 spiro atoms. The highest BCUT2D eigenvalue weighted by molar-refractivity contribution is 5.65. The Labute approximate surface area is 118 Å². The Hall–Kier alpha value is -1.05. The predicted molar refractivity (Wildman–Crippen MR) is 82.1 cm³/mol. The number of esters is 1. The number of hydrogen-bond acceptors (Lipinski definition) is 2. The van der Waals surface area contributed by atoms with E-state index in [1.54, 1.807) is 0 Å². The molecular formula is C17H30O2. The Balaban J connectivity index is 3.00. The summed E-state index contributed by atoms with van der Waals surface area (Å²) in [6.45, 7) is 5.71. The van der Waals surface area contributed by atoms with Crippen LogP contribution >= 0.6 is 0 Å². The summed E-state index contributed by atoms with van der Waals surface area (Å²) in [5.41, 5.74) is 0. The average Bonchev–Trinajstić information content (AvgIpc) is 2.39. The van der Waals surface area contributed by atoms with Crippen LogP contribution in [0.2, 0.25) is 0 Å². The van der Waals surface area contributed by atoms with Gasteiger partial charge in [0.25, 0.3) is 0 Å². The van der Waals surface area contributed by atoms with Gasteiger partial charge in [-0.25, -0.2) is 0 Å². The average molecular weight is 266 g/mol. The lowest BCUT2D eigenvalue weighted by molar-refractivity contribution is -0.141. The van der Waals surface area contributed by atoms with Crippen LogP contribution in [-0.4, -0.2) is 12.6 Å². The summed E-state index contributed by atoms with van der Waals surface area (Å²) >= 11 is 0. The van der Waals surface area contributed by atoms with Crippen molar-refractivity contribution in [3.05, 3.63) is 24.8 Å². The molecule has 19 heavy (non-hydrogen) atoms. The van der Waals surface area contributed by atoms with Crippen molar-refractivity contribution in [1.29, 1.82) is 0 Å². The molecule has 0 bridgehead atoms. The number of carbonyl (C=O) groups excluding carboxylic acids is 1. The summed E-state index contributed by atoms with van der Waals surface area (Å²) in [5, 5.41) is 0. The Morgan fingerprint density at radius 2 is 1.47 bits per heavy atom. The fourth-order valence-corrected chi connectivity index (χ4v) is 2.01. The molecule has 0 saturated carbocycles. The maximum atomic E-state index is 10.5. The maximum Gasteiger partial charge on any atom is 0.302 e. The molecule has 0 amide bonds. The first-order valence-electron chi connectivity index (χ1n) is 7.68. The first-order valence-corrected chi connectivity index (χ1v) is 7.68. The quantitative estimate of drug-likeness (QED) is 0.260. The zero-order valence-electron chi connectivity index (χ0n) is 12.5. The van der Waals surface area contributed by atoms with E-state index in [1.807, 2.05) is 12.2 Å². The van der Waals surface area contributed by atoms with Crippen LogP contribution < -0.4 is 0 Å². The van der Waals surface area contributed by atoms with Crippen molar-refractivity contribution in [3.8, 4) is 0 Å². The molecule has 0 fully saturated rings. The summed E-state index contributed by atoms with van der Waals surface area (Å²) in [5.74, 6) is -0.164. The third kappa shape index (κ3) is 16.9. The summed E-state index contributed by atoms with van der Waals surface area (Å²) < 4.78 is 4.89. The number of hydrogen-bond donors (Lipinski definition) is 0. The molecule has 0 aromatic heterocycles. The van der Waals surface area contributed by atoms with Crippen LogP contribution in [0.25, 0.3) is 0 Å². The first kappa shape index (κ1) is 17.9. The minimum absolute atomic E-state index is 0.164. The van der Waals surface area contributed by atoms with Crippen molar-refractivity contribution < 1.29 is 9.53 Å². The Bertz CT molecular complexity index is 244. The van der Waals surface area contributed by atoms with Crippen LogP contribution in [0.4, 0.5) is 0 Å². The van der Waals surface area contributed by atoms with E-state index in [2.05, 4.69) is 12.7 Å². The normalized spacial score (nSPS) is 10.8. The Morgan fingerprint density at radius 3 is 2.00 bits per heavy atom. The maximum absolute atomic E-state index is 10.5. The molecule has 0 saturated heterocycles. The number of carbonyl (C=O) groups is 1. The van der Waals surface area contributed by atoms with E-state index >= 15 is 0 Å². The molecule has 0 aromatic carbocycles. The lowest BCUT2D eigenvalue weighted by Gasteiger charge is -2.03. The predicted octanol–water partition coefficient (Wildman–Crippen LogP) is 5.19. The fraction of sp³-hybridized carbons (Fsp3) is 0.706. The first-order chi connectivity index (χ1) is 9.27. The molecule has 0 unspecified atom stereocenters. The molecule has 0 aliphatic heterocycles. The van der Waals surface area contributed by atoms with Gasteiger partial charge < -0.3 is 4.74 Å². The molecule has 0 heterocycles. The highest BCUT2D eigenvalue weighted by atomic mass is 16.5. The second-order valence-corrected chi connectivity index (χ2v) is 4.97. The molecule has 0 aliphatic rings. The summed E-state index contributed by atoms with van der Waals surface area (Å²) in [7, 11) is 0. The minimum Gasteiger partial charge on any atom is -0.466 e. The van der Waals surface area contributed by atoms with Crippen molar-refractivity contribution in [3.63, 3.8) is 0 Å². The summed E-state index contributed by atoms with van der Waals surface area (Å²) in [6, 6.07) is 0. The summed E-state index contributed by atoms with van der Waals surface area (Å²) in [6.07, 6.45) is 18.7. The van der Waals surface area contributed by atoms with E-state index in [9.17, 15) is 4.79 Å². The van der Waals surface area contributed by atoms with E-state index in [-0.39, 0.29) is 5.97 Å². The number of ether oxygens (including phenoxy) is 1. The van der Waals surface area contributed by atoms with E-state index < -0.39 is 0 Å². The van der Waals surface area contributed by atoms with Gasteiger partial charge in [0, 0.05) is 6.92 Å². The van der Waals surface area contributed by atoms with Gasteiger partial charge in [0.05, 0.1) is 6.61 Å². The molecule has 0 aromatic rings. The fourth-order valence-electron chi connectivity index (χ4n) is 2.01. The van der Waals surface area contributed by atoms with Gasteiger partial charge >= 0.3 is 5.97 Å². The molecule has 0 radical (unpaired) electrons. The van der Waals surface area contributed by atoms with Gasteiger partial charge in [0.1, 0.15) is 0 Å². The van der Waals surface area contributed by atoms with Crippen molar-refractivity contribution >= 4 is 5.97 Å². The van der Waals surface area contributed by atoms with Crippen molar-refractivity contribution in [2.45, 2.75) is 71.1 Å². The van der Waals surface area contributed by atoms with Crippen molar-refractivity contribution in [1.82, 2.24) is 0 Å². The smallest absolute Gasteiger partial charge is 0.302 e. The largest absolute Gasteiger partial charge is 0.466 e. The Kier molecular flexibility index (Phi) is 14.2. The van der Waals surface area contributed by atoms with E-state index in [0.717, 1.165) is 6.42 Å². The molecular weight excluding hydrogens is 236 g/mol. The monoisotopic (exact) mass is 266 g/mol. The van der Waals surface area contributed by atoms with Crippen LogP contribution in [0.3, 0.4) is 0 Å². The van der Waals surface area contributed by atoms with Gasteiger partial charge in [-0.15, -0.1) is 0 Å². The molecule has 0 N–H and O–H groups in total. The molecule has 0 aliphatic carbocycles. The third-order valence-electron chi connectivity index (χ3n) is 3.09. The summed E-state index contributed by atoms with van der Waals surface area (Å²) in [4.78, 5) is 10.5. The van der Waals surface area contributed by atoms with Crippen LogP contribution in [0, 0.1) is 0 Å². The van der Waals surface area contributed by atoms with Gasteiger partial charge in [0.15, 0.2) is 0 Å². The highest BCUT2D eigenvalue weighted by Crippen LogP contribution is 2.10. The van der Waals surface area contributed by atoms with Gasteiger partial charge in [0.2, 0.25) is 0 Å². The van der Waals surface area contributed by atoms with Gasteiger partial charge in [-0.2, -0.15) is 0 Å². The van der Waals surface area contributed by atoms with E-state index in [0.29, 0.717) is 6.61 Å². The third-order valence-corrected chi connectivity index (χ3v) is 3.09. The molecule has 0 rings (SSSR count). The standard InChI is InChI=1S/C17H30O2/c1-3-4-5-6-7-8-9-10-11-12-13-14-15-16-19-17(2)18/h3-5H,1,6-16H2,2H3/b5-4+. The van der Waals surface area contributed by atoms with E-state index in [4.69, 9.17) is 4.74 Å². The SMILES string of the molecule is C=C/C=C/CCCCCCCCCCCOC(C)=O. The topological polar surface area (TPSA) is 26.3 Å². The highest BCUT2D eigenvalue weighted by Gasteiger charge is 1.94. The number of unbranched alkanes of at least 4 members (excludes halogenated alkanes) is 9.